The van der Waals surface area contributed by atoms with Gasteiger partial charge in [0.1, 0.15) is 5.75 Å². The van der Waals surface area contributed by atoms with Gasteiger partial charge in [-0.3, -0.25) is 0 Å². The molecular formula is C17H27NO. The summed E-state index contributed by atoms with van der Waals surface area (Å²) in [5.74, 6) is 1.68. The van der Waals surface area contributed by atoms with Crippen LogP contribution >= 0.6 is 0 Å². The van der Waals surface area contributed by atoms with E-state index in [4.69, 9.17) is 4.74 Å². The first-order valence-electron chi connectivity index (χ1n) is 7.45. The van der Waals surface area contributed by atoms with Crippen LogP contribution in [0.15, 0.2) is 24.3 Å². The molecule has 2 atom stereocenters. The summed E-state index contributed by atoms with van der Waals surface area (Å²) in [6.45, 7) is 7.09. The number of piperidine rings is 1. The fourth-order valence-electron chi connectivity index (χ4n) is 3.69. The van der Waals surface area contributed by atoms with Gasteiger partial charge in [0.2, 0.25) is 0 Å². The normalized spacial score (nSPS) is 28.3. The van der Waals surface area contributed by atoms with Crippen molar-refractivity contribution in [2.45, 2.75) is 38.5 Å². The molecule has 0 radical (unpaired) electrons. The van der Waals surface area contributed by atoms with Crippen molar-refractivity contribution < 1.29 is 4.74 Å². The van der Waals surface area contributed by atoms with Crippen molar-refractivity contribution in [1.29, 1.82) is 0 Å². The van der Waals surface area contributed by atoms with E-state index in [0.29, 0.717) is 11.3 Å². The molecule has 0 bridgehead atoms. The molecule has 19 heavy (non-hydrogen) atoms. The summed E-state index contributed by atoms with van der Waals surface area (Å²) in [7, 11) is 3.99. The van der Waals surface area contributed by atoms with E-state index >= 15 is 0 Å². The van der Waals surface area contributed by atoms with E-state index in [9.17, 15) is 0 Å². The van der Waals surface area contributed by atoms with Gasteiger partial charge in [0.15, 0.2) is 0 Å². The van der Waals surface area contributed by atoms with Gasteiger partial charge in [-0.1, -0.05) is 32.4 Å². The van der Waals surface area contributed by atoms with Crippen LogP contribution in [0.2, 0.25) is 0 Å². The molecule has 1 aliphatic rings. The van der Waals surface area contributed by atoms with E-state index in [1.165, 1.54) is 37.9 Å². The largest absolute Gasteiger partial charge is 0.497 e. The van der Waals surface area contributed by atoms with Crippen LogP contribution in [0.3, 0.4) is 0 Å². The summed E-state index contributed by atoms with van der Waals surface area (Å²) >= 11 is 0. The molecule has 1 aromatic rings. The molecule has 0 amide bonds. The van der Waals surface area contributed by atoms with Crippen LogP contribution in [0, 0.1) is 5.92 Å². The van der Waals surface area contributed by atoms with E-state index in [0.717, 1.165) is 5.75 Å². The topological polar surface area (TPSA) is 12.5 Å². The van der Waals surface area contributed by atoms with Gasteiger partial charge in [0.25, 0.3) is 0 Å². The lowest BCUT2D eigenvalue weighted by atomic mass is 9.64. The number of hydrogen-bond donors (Lipinski definition) is 0. The van der Waals surface area contributed by atoms with E-state index in [1.807, 2.05) is 6.07 Å². The third-order valence-corrected chi connectivity index (χ3v) is 4.81. The predicted molar refractivity (Wildman–Crippen MR) is 80.9 cm³/mol. The maximum atomic E-state index is 5.41. The minimum atomic E-state index is 0.329. The second-order valence-electron chi connectivity index (χ2n) is 6.05. The van der Waals surface area contributed by atoms with Crippen LogP contribution < -0.4 is 4.74 Å². The minimum absolute atomic E-state index is 0.329. The second kappa shape index (κ2) is 5.96. The molecule has 1 fully saturated rings. The molecule has 1 heterocycles. The molecule has 2 nitrogen and oxygen atoms in total. The lowest BCUT2D eigenvalue weighted by Crippen LogP contribution is -2.47. The Hall–Kier alpha value is -1.02. The number of nitrogens with zero attached hydrogens (tertiary/aromatic N) is 1. The molecule has 1 saturated heterocycles. The van der Waals surface area contributed by atoms with Gasteiger partial charge in [-0.05, 0) is 50.0 Å². The number of methoxy groups -OCH3 is 1. The minimum Gasteiger partial charge on any atom is -0.497 e. The zero-order valence-corrected chi connectivity index (χ0v) is 12.8. The molecule has 0 spiro atoms. The first-order chi connectivity index (χ1) is 9.12. The fourth-order valence-corrected chi connectivity index (χ4v) is 3.69. The van der Waals surface area contributed by atoms with Crippen molar-refractivity contribution in [3.05, 3.63) is 29.8 Å². The zero-order chi connectivity index (χ0) is 13.9. The first-order valence-corrected chi connectivity index (χ1v) is 7.45. The molecule has 0 aromatic heterocycles. The van der Waals surface area contributed by atoms with Crippen LogP contribution in [0.5, 0.6) is 5.75 Å². The van der Waals surface area contributed by atoms with E-state index < -0.39 is 0 Å². The molecule has 0 unspecified atom stereocenters. The smallest absolute Gasteiger partial charge is 0.119 e. The quantitative estimate of drug-likeness (QED) is 0.819. The SMILES string of the molecule is CCC[C@]1(c2cccc(OC)c2)CCN(C)C[C@H]1C. The standard InChI is InChI=1S/C17H27NO/c1-5-9-17(10-11-18(3)13-14(17)2)15-7-6-8-16(12-15)19-4/h6-8,12,14H,5,9-11,13H2,1-4H3/t14-,17+/m1/s1. The molecule has 1 aliphatic heterocycles. The van der Waals surface area contributed by atoms with Crippen molar-refractivity contribution in [3.8, 4) is 5.75 Å². The van der Waals surface area contributed by atoms with E-state index in [-0.39, 0.29) is 0 Å². The lowest BCUT2D eigenvalue weighted by Gasteiger charge is -2.46. The summed E-state index contributed by atoms with van der Waals surface area (Å²) < 4.78 is 5.41. The monoisotopic (exact) mass is 261 g/mol. The molecule has 1 aromatic carbocycles. The van der Waals surface area contributed by atoms with Crippen LogP contribution in [0.4, 0.5) is 0 Å². The van der Waals surface area contributed by atoms with Crippen molar-refractivity contribution in [1.82, 2.24) is 4.90 Å². The molecule has 0 saturated carbocycles. The van der Waals surface area contributed by atoms with Crippen molar-refractivity contribution in [2.24, 2.45) is 5.92 Å². The number of ether oxygens (including phenoxy) is 1. The summed E-state index contributed by atoms with van der Waals surface area (Å²) in [6, 6.07) is 8.72. The number of benzene rings is 1. The summed E-state index contributed by atoms with van der Waals surface area (Å²) in [5, 5.41) is 0. The Morgan fingerprint density at radius 1 is 1.42 bits per heavy atom. The van der Waals surface area contributed by atoms with E-state index in [1.54, 1.807) is 7.11 Å². The third-order valence-electron chi connectivity index (χ3n) is 4.81. The number of rotatable bonds is 4. The van der Waals surface area contributed by atoms with Gasteiger partial charge >= 0.3 is 0 Å². The second-order valence-corrected chi connectivity index (χ2v) is 6.05. The van der Waals surface area contributed by atoms with Crippen molar-refractivity contribution in [2.75, 3.05) is 27.2 Å². The average Bonchev–Trinajstić information content (AvgIpc) is 2.42. The summed E-state index contributed by atoms with van der Waals surface area (Å²) in [4.78, 5) is 2.46. The van der Waals surface area contributed by atoms with Gasteiger partial charge in [0.05, 0.1) is 7.11 Å². The van der Waals surface area contributed by atoms with Gasteiger partial charge in [0, 0.05) is 12.0 Å². The summed E-state index contributed by atoms with van der Waals surface area (Å²) in [5.41, 5.74) is 1.80. The van der Waals surface area contributed by atoms with Gasteiger partial charge in [-0.15, -0.1) is 0 Å². The molecule has 106 valence electrons. The Balaban J connectivity index is 2.37. The van der Waals surface area contributed by atoms with Gasteiger partial charge in [-0.2, -0.15) is 0 Å². The fraction of sp³-hybridized carbons (Fsp3) is 0.647. The highest BCUT2D eigenvalue weighted by Gasteiger charge is 2.40. The van der Waals surface area contributed by atoms with E-state index in [2.05, 4.69) is 44.0 Å². The maximum absolute atomic E-state index is 5.41. The molecule has 2 heteroatoms. The Bertz CT molecular complexity index is 417. The first kappa shape index (κ1) is 14.4. The third kappa shape index (κ3) is 2.79. The summed E-state index contributed by atoms with van der Waals surface area (Å²) in [6.07, 6.45) is 3.77. The van der Waals surface area contributed by atoms with Crippen LogP contribution in [0.1, 0.15) is 38.7 Å². The molecule has 0 N–H and O–H groups in total. The molecule has 2 rings (SSSR count). The molecular weight excluding hydrogens is 234 g/mol. The average molecular weight is 261 g/mol. The van der Waals surface area contributed by atoms with Crippen molar-refractivity contribution >= 4 is 0 Å². The Labute approximate surface area is 117 Å². The lowest BCUT2D eigenvalue weighted by molar-refractivity contribution is 0.112. The van der Waals surface area contributed by atoms with Crippen LogP contribution in [-0.4, -0.2) is 32.1 Å². The Morgan fingerprint density at radius 3 is 2.84 bits per heavy atom. The van der Waals surface area contributed by atoms with Gasteiger partial charge < -0.3 is 9.64 Å². The number of likely N-dealkylation sites (tertiary alicyclic amines) is 1. The maximum Gasteiger partial charge on any atom is 0.119 e. The highest BCUT2D eigenvalue weighted by Crippen LogP contribution is 2.43. The predicted octanol–water partition coefficient (Wildman–Crippen LogP) is 3.70. The van der Waals surface area contributed by atoms with Crippen LogP contribution in [-0.2, 0) is 5.41 Å². The van der Waals surface area contributed by atoms with Crippen molar-refractivity contribution in [3.63, 3.8) is 0 Å². The van der Waals surface area contributed by atoms with Gasteiger partial charge in [-0.25, -0.2) is 0 Å². The Kier molecular flexibility index (Phi) is 4.51. The highest BCUT2D eigenvalue weighted by molar-refractivity contribution is 5.35. The zero-order valence-electron chi connectivity index (χ0n) is 12.8. The van der Waals surface area contributed by atoms with Crippen LogP contribution in [0.25, 0.3) is 0 Å². The highest BCUT2D eigenvalue weighted by atomic mass is 16.5. The number of hydrogen-bond acceptors (Lipinski definition) is 2. The molecule has 0 aliphatic carbocycles. The Morgan fingerprint density at radius 2 is 2.21 bits per heavy atom.